The lowest BCUT2D eigenvalue weighted by Gasteiger charge is -2.41. The summed E-state index contributed by atoms with van der Waals surface area (Å²) in [7, 11) is 2.07. The van der Waals surface area contributed by atoms with E-state index in [-0.39, 0.29) is 28.7 Å². The first-order chi connectivity index (χ1) is 13.9. The number of H-pyrrole nitrogens is 1. The summed E-state index contributed by atoms with van der Waals surface area (Å²) in [6.07, 6.45) is 3.45. The van der Waals surface area contributed by atoms with Crippen molar-refractivity contribution in [1.29, 1.82) is 5.26 Å². The Morgan fingerprint density at radius 2 is 2.14 bits per heavy atom. The van der Waals surface area contributed by atoms with Crippen LogP contribution in [0.5, 0.6) is 0 Å². The maximum atomic E-state index is 12.6. The summed E-state index contributed by atoms with van der Waals surface area (Å²) in [5.74, 6) is 0. The second-order valence-corrected chi connectivity index (χ2v) is 8.91. The highest BCUT2D eigenvalue weighted by molar-refractivity contribution is 5.83. The number of aromatic amines is 1. The van der Waals surface area contributed by atoms with E-state index < -0.39 is 0 Å². The summed E-state index contributed by atoms with van der Waals surface area (Å²) in [6, 6.07) is 6.44. The largest absolute Gasteiger partial charge is 0.329 e. The van der Waals surface area contributed by atoms with E-state index in [2.05, 4.69) is 35.2 Å². The van der Waals surface area contributed by atoms with E-state index in [9.17, 15) is 9.59 Å². The van der Waals surface area contributed by atoms with Gasteiger partial charge in [-0.05, 0) is 57.0 Å². The van der Waals surface area contributed by atoms with E-state index in [1.807, 2.05) is 19.1 Å². The summed E-state index contributed by atoms with van der Waals surface area (Å²) in [4.78, 5) is 29.9. The van der Waals surface area contributed by atoms with Crippen LogP contribution in [-0.4, -0.2) is 41.1 Å². The number of fused-ring (bicyclic) bond motifs is 1. The van der Waals surface area contributed by atoms with Crippen LogP contribution in [0.15, 0.2) is 21.7 Å². The number of aromatic nitrogens is 2. The van der Waals surface area contributed by atoms with Crippen LogP contribution in [0.25, 0.3) is 10.9 Å². The van der Waals surface area contributed by atoms with Crippen LogP contribution in [0.4, 0.5) is 0 Å². The average molecular weight is 396 g/mol. The van der Waals surface area contributed by atoms with Crippen molar-refractivity contribution in [3.8, 4) is 6.07 Å². The molecule has 0 radical (unpaired) electrons. The van der Waals surface area contributed by atoms with E-state index in [0.717, 1.165) is 49.0 Å². The molecule has 2 aliphatic rings. The van der Waals surface area contributed by atoms with E-state index in [1.54, 1.807) is 4.57 Å². The van der Waals surface area contributed by atoms with Gasteiger partial charge in [0.1, 0.15) is 0 Å². The number of nitrogens with one attached hydrogen (secondary N) is 2. The molecule has 7 heteroatoms. The molecule has 29 heavy (non-hydrogen) atoms. The van der Waals surface area contributed by atoms with Crippen molar-refractivity contribution in [3.05, 3.63) is 44.1 Å². The number of aryl methyl sites for hydroxylation is 1. The molecule has 2 unspecified atom stereocenters. The standard InChI is InChI=1S/C22H29N5O2/c1-14-16(19(26(3)12-4-10-23)22(2)9-11-24-13-22)7-8-17-18(14)27(15-5-6-15)21(29)25-20(17)28/h7-8,15,19,24H,4-6,9,11-13H2,1-3H3,(H,25,28,29). The first-order valence-electron chi connectivity index (χ1n) is 10.4. The van der Waals surface area contributed by atoms with Gasteiger partial charge in [0, 0.05) is 37.0 Å². The van der Waals surface area contributed by atoms with Crippen LogP contribution < -0.4 is 16.6 Å². The summed E-state index contributed by atoms with van der Waals surface area (Å²) in [5.41, 5.74) is 2.29. The third-order valence-corrected chi connectivity index (χ3v) is 6.68. The Balaban J connectivity index is 1.93. The van der Waals surface area contributed by atoms with Crippen molar-refractivity contribution >= 4 is 10.9 Å². The molecule has 2 fully saturated rings. The van der Waals surface area contributed by atoms with Crippen molar-refractivity contribution in [2.45, 2.75) is 51.6 Å². The number of hydrogen-bond acceptors (Lipinski definition) is 5. The van der Waals surface area contributed by atoms with E-state index in [0.29, 0.717) is 18.4 Å². The van der Waals surface area contributed by atoms with Gasteiger partial charge in [0.05, 0.1) is 17.0 Å². The first kappa shape index (κ1) is 19.9. The lowest BCUT2D eigenvalue weighted by Crippen LogP contribution is -2.40. The highest BCUT2D eigenvalue weighted by Crippen LogP contribution is 2.45. The number of nitrogens with zero attached hydrogens (tertiary/aromatic N) is 3. The predicted molar refractivity (Wildman–Crippen MR) is 113 cm³/mol. The van der Waals surface area contributed by atoms with E-state index in [4.69, 9.17) is 5.26 Å². The molecule has 2 aromatic rings. The zero-order valence-electron chi connectivity index (χ0n) is 17.4. The van der Waals surface area contributed by atoms with Crippen molar-refractivity contribution in [2.24, 2.45) is 5.41 Å². The average Bonchev–Trinajstić information content (AvgIpc) is 3.42. The smallest absolute Gasteiger partial charge is 0.316 e. The van der Waals surface area contributed by atoms with Gasteiger partial charge < -0.3 is 5.32 Å². The molecule has 0 spiro atoms. The van der Waals surface area contributed by atoms with Crippen molar-refractivity contribution in [1.82, 2.24) is 19.8 Å². The number of benzene rings is 1. The molecule has 7 nitrogen and oxygen atoms in total. The molecule has 0 bridgehead atoms. The molecule has 2 N–H and O–H groups in total. The lowest BCUT2D eigenvalue weighted by molar-refractivity contribution is 0.113. The summed E-state index contributed by atoms with van der Waals surface area (Å²) in [6.45, 7) is 6.87. The fourth-order valence-corrected chi connectivity index (χ4v) is 5.08. The zero-order chi connectivity index (χ0) is 20.8. The van der Waals surface area contributed by atoms with Crippen LogP contribution in [-0.2, 0) is 0 Å². The van der Waals surface area contributed by atoms with Gasteiger partial charge in [-0.25, -0.2) is 4.79 Å². The van der Waals surface area contributed by atoms with Gasteiger partial charge in [0.15, 0.2) is 0 Å². The topological polar surface area (TPSA) is 93.9 Å². The van der Waals surface area contributed by atoms with E-state index >= 15 is 0 Å². The monoisotopic (exact) mass is 395 g/mol. The SMILES string of the molecule is Cc1c(C(N(C)CCC#N)C2(C)CCNC2)ccc2c(=O)[nH]c(=O)n(C3CC3)c12. The maximum absolute atomic E-state index is 12.6. The van der Waals surface area contributed by atoms with Gasteiger partial charge in [0.2, 0.25) is 0 Å². The number of nitriles is 1. The molecule has 1 saturated carbocycles. The highest BCUT2D eigenvalue weighted by Gasteiger charge is 2.41. The van der Waals surface area contributed by atoms with Crippen molar-refractivity contribution in [2.75, 3.05) is 26.7 Å². The minimum Gasteiger partial charge on any atom is -0.316 e. The van der Waals surface area contributed by atoms with Gasteiger partial charge in [0.25, 0.3) is 5.56 Å². The summed E-state index contributed by atoms with van der Waals surface area (Å²) >= 11 is 0. The Labute approximate surface area is 170 Å². The van der Waals surface area contributed by atoms with Crippen molar-refractivity contribution < 1.29 is 0 Å². The summed E-state index contributed by atoms with van der Waals surface area (Å²) < 4.78 is 1.79. The van der Waals surface area contributed by atoms with E-state index in [1.165, 1.54) is 0 Å². The van der Waals surface area contributed by atoms with Gasteiger partial charge in [-0.3, -0.25) is 19.2 Å². The highest BCUT2D eigenvalue weighted by atomic mass is 16.2. The minimum absolute atomic E-state index is 0.00848. The molecule has 1 aliphatic carbocycles. The fraction of sp³-hybridized carbons (Fsp3) is 0.591. The molecule has 2 atom stereocenters. The molecule has 0 amide bonds. The van der Waals surface area contributed by atoms with Crippen LogP contribution >= 0.6 is 0 Å². The van der Waals surface area contributed by atoms with Gasteiger partial charge in [-0.15, -0.1) is 0 Å². The molecule has 2 heterocycles. The fourth-order valence-electron chi connectivity index (χ4n) is 5.08. The molecular weight excluding hydrogens is 366 g/mol. The molecule has 154 valence electrons. The molecule has 1 aromatic heterocycles. The predicted octanol–water partition coefficient (Wildman–Crippen LogP) is 2.22. The Bertz CT molecular complexity index is 1080. The Hall–Kier alpha value is -2.43. The molecule has 1 aromatic carbocycles. The van der Waals surface area contributed by atoms with Crippen LogP contribution in [0.2, 0.25) is 0 Å². The second kappa shape index (κ2) is 7.43. The third-order valence-electron chi connectivity index (χ3n) is 6.68. The number of rotatable bonds is 6. The van der Waals surface area contributed by atoms with Gasteiger partial charge in [-0.1, -0.05) is 13.0 Å². The van der Waals surface area contributed by atoms with Crippen molar-refractivity contribution in [3.63, 3.8) is 0 Å². The van der Waals surface area contributed by atoms with Crippen LogP contribution in [0.3, 0.4) is 0 Å². The summed E-state index contributed by atoms with van der Waals surface area (Å²) in [5, 5.41) is 13.2. The Morgan fingerprint density at radius 1 is 1.38 bits per heavy atom. The Kier molecular flexibility index (Phi) is 5.09. The number of hydrogen-bond donors (Lipinski definition) is 2. The lowest BCUT2D eigenvalue weighted by atomic mass is 9.75. The third kappa shape index (κ3) is 3.41. The Morgan fingerprint density at radius 3 is 2.76 bits per heavy atom. The van der Waals surface area contributed by atoms with Crippen LogP contribution in [0, 0.1) is 23.7 Å². The minimum atomic E-state index is -0.320. The maximum Gasteiger partial charge on any atom is 0.329 e. The molecule has 1 aliphatic heterocycles. The zero-order valence-corrected chi connectivity index (χ0v) is 17.4. The second-order valence-electron chi connectivity index (χ2n) is 8.91. The van der Waals surface area contributed by atoms with Gasteiger partial charge >= 0.3 is 5.69 Å². The van der Waals surface area contributed by atoms with Crippen LogP contribution in [0.1, 0.15) is 55.8 Å². The first-order valence-corrected chi connectivity index (χ1v) is 10.4. The quantitative estimate of drug-likeness (QED) is 0.782. The molecule has 1 saturated heterocycles. The molecular formula is C22H29N5O2. The normalized spacial score (nSPS) is 22.9. The molecule has 4 rings (SSSR count). The van der Waals surface area contributed by atoms with Gasteiger partial charge in [-0.2, -0.15) is 5.26 Å².